The van der Waals surface area contributed by atoms with Crippen molar-refractivity contribution in [2.75, 3.05) is 14.2 Å². The van der Waals surface area contributed by atoms with Crippen LogP contribution in [0.3, 0.4) is 0 Å². The van der Waals surface area contributed by atoms with Crippen LogP contribution in [0.1, 0.15) is 15.6 Å². The average molecular weight is 425 g/mol. The summed E-state index contributed by atoms with van der Waals surface area (Å²) in [5.74, 6) is 1.28. The van der Waals surface area contributed by atoms with Crippen molar-refractivity contribution < 1.29 is 23.5 Å². The van der Waals surface area contributed by atoms with Crippen LogP contribution in [-0.4, -0.2) is 30.3 Å². The molecule has 0 saturated heterocycles. The molecule has 2 aromatic heterocycles. The summed E-state index contributed by atoms with van der Waals surface area (Å²) in [4.78, 5) is 16.6. The fraction of sp³-hybridized carbons (Fsp3) is 0.188. The van der Waals surface area contributed by atoms with Crippen LogP contribution in [0.15, 0.2) is 38.6 Å². The molecule has 0 radical (unpaired) electrons. The van der Waals surface area contributed by atoms with E-state index in [9.17, 15) is 4.79 Å². The molecule has 0 atom stereocenters. The summed E-state index contributed by atoms with van der Waals surface area (Å²) in [5.41, 5.74) is 0.645. The van der Waals surface area contributed by atoms with E-state index in [-0.39, 0.29) is 12.5 Å². The quantitative estimate of drug-likeness (QED) is 0.554. The molecule has 0 aliphatic heterocycles. The van der Waals surface area contributed by atoms with Crippen LogP contribution in [-0.2, 0) is 11.3 Å². The van der Waals surface area contributed by atoms with Gasteiger partial charge in [0.25, 0.3) is 5.89 Å². The number of thiophene rings is 1. The number of methoxy groups -OCH3 is 2. The zero-order valence-corrected chi connectivity index (χ0v) is 15.7. The van der Waals surface area contributed by atoms with Gasteiger partial charge in [0.15, 0.2) is 6.61 Å². The number of hydrogen-bond donors (Lipinski definition) is 0. The monoisotopic (exact) mass is 424 g/mol. The Kier molecular flexibility index (Phi) is 5.34. The van der Waals surface area contributed by atoms with Gasteiger partial charge in [0.2, 0.25) is 5.82 Å². The summed E-state index contributed by atoms with van der Waals surface area (Å²) in [6.07, 6.45) is 0. The van der Waals surface area contributed by atoms with Gasteiger partial charge in [-0.1, -0.05) is 5.16 Å². The Bertz CT molecular complexity index is 892. The van der Waals surface area contributed by atoms with Gasteiger partial charge in [-0.2, -0.15) is 4.98 Å². The van der Waals surface area contributed by atoms with Crippen LogP contribution in [0, 0.1) is 0 Å². The number of benzene rings is 1. The lowest BCUT2D eigenvalue weighted by atomic mass is 10.2. The van der Waals surface area contributed by atoms with Crippen molar-refractivity contribution in [1.82, 2.24) is 10.1 Å². The van der Waals surface area contributed by atoms with Crippen molar-refractivity contribution in [1.29, 1.82) is 0 Å². The number of carbonyl (C=O) groups excluding carboxylic acids is 1. The summed E-state index contributed by atoms with van der Waals surface area (Å²) in [5, 5.41) is 3.90. The first-order valence-electron chi connectivity index (χ1n) is 7.08. The maximum absolute atomic E-state index is 11.9. The zero-order valence-electron chi connectivity index (χ0n) is 13.3. The number of halogens is 1. The highest BCUT2D eigenvalue weighted by atomic mass is 79.9. The SMILES string of the molecule is COc1ccc(-c2noc(COC(=O)c3ccc(Br)s3)n2)c(OC)c1. The fourth-order valence-corrected chi connectivity index (χ4v) is 3.31. The molecule has 0 amide bonds. The second-order valence-electron chi connectivity index (χ2n) is 4.76. The van der Waals surface area contributed by atoms with Gasteiger partial charge in [-0.25, -0.2) is 4.79 Å². The lowest BCUT2D eigenvalue weighted by molar-refractivity contribution is 0.0435. The highest BCUT2D eigenvalue weighted by molar-refractivity contribution is 9.11. The van der Waals surface area contributed by atoms with E-state index < -0.39 is 5.97 Å². The lowest BCUT2D eigenvalue weighted by Gasteiger charge is -2.07. The lowest BCUT2D eigenvalue weighted by Crippen LogP contribution is -2.03. The van der Waals surface area contributed by atoms with Gasteiger partial charge in [-0.15, -0.1) is 11.3 Å². The summed E-state index contributed by atoms with van der Waals surface area (Å²) in [6, 6.07) is 8.71. The Labute approximate surface area is 155 Å². The van der Waals surface area contributed by atoms with Crippen LogP contribution in [0.25, 0.3) is 11.4 Å². The van der Waals surface area contributed by atoms with E-state index in [0.717, 1.165) is 3.79 Å². The Morgan fingerprint density at radius 3 is 2.76 bits per heavy atom. The van der Waals surface area contributed by atoms with Crippen molar-refractivity contribution >= 4 is 33.2 Å². The minimum atomic E-state index is -0.447. The second kappa shape index (κ2) is 7.66. The molecule has 0 fully saturated rings. The Hall–Kier alpha value is -2.39. The fourth-order valence-electron chi connectivity index (χ4n) is 2.03. The highest BCUT2D eigenvalue weighted by Crippen LogP contribution is 2.31. The molecule has 0 aliphatic carbocycles. The molecule has 0 unspecified atom stereocenters. The van der Waals surface area contributed by atoms with Gasteiger partial charge >= 0.3 is 5.97 Å². The summed E-state index contributed by atoms with van der Waals surface area (Å²) in [6.45, 7) is -0.111. The smallest absolute Gasteiger partial charge is 0.348 e. The molecule has 0 spiro atoms. The van der Waals surface area contributed by atoms with Gasteiger partial charge in [-0.3, -0.25) is 0 Å². The number of rotatable bonds is 6. The molecule has 0 aliphatic rings. The summed E-state index contributed by atoms with van der Waals surface area (Å²) >= 11 is 4.59. The molecule has 25 heavy (non-hydrogen) atoms. The third-order valence-electron chi connectivity index (χ3n) is 3.22. The van der Waals surface area contributed by atoms with Gasteiger partial charge < -0.3 is 18.7 Å². The molecular weight excluding hydrogens is 412 g/mol. The van der Waals surface area contributed by atoms with Crippen LogP contribution in [0.4, 0.5) is 0 Å². The minimum Gasteiger partial charge on any atom is -0.497 e. The standard InChI is InChI=1S/C16H13BrN2O5S/c1-21-9-3-4-10(11(7-9)22-2)15-18-14(24-19-15)8-23-16(20)12-5-6-13(17)25-12/h3-7H,8H2,1-2H3. The van der Waals surface area contributed by atoms with Crippen molar-refractivity contribution in [3.05, 3.63) is 44.9 Å². The number of ether oxygens (including phenoxy) is 3. The van der Waals surface area contributed by atoms with E-state index in [0.29, 0.717) is 27.8 Å². The predicted molar refractivity (Wildman–Crippen MR) is 94.0 cm³/mol. The van der Waals surface area contributed by atoms with E-state index in [1.807, 2.05) is 0 Å². The molecule has 0 saturated carbocycles. The van der Waals surface area contributed by atoms with E-state index in [2.05, 4.69) is 26.1 Å². The van der Waals surface area contributed by atoms with Gasteiger partial charge in [0.1, 0.15) is 16.4 Å². The topological polar surface area (TPSA) is 83.7 Å². The van der Waals surface area contributed by atoms with E-state index in [4.69, 9.17) is 18.7 Å². The van der Waals surface area contributed by atoms with Crippen LogP contribution in [0.2, 0.25) is 0 Å². The highest BCUT2D eigenvalue weighted by Gasteiger charge is 2.16. The van der Waals surface area contributed by atoms with Gasteiger partial charge in [0, 0.05) is 6.07 Å². The molecule has 2 heterocycles. The molecule has 9 heteroatoms. The maximum Gasteiger partial charge on any atom is 0.348 e. The van der Waals surface area contributed by atoms with Crippen molar-refractivity contribution in [2.45, 2.75) is 6.61 Å². The first kappa shape index (κ1) is 17.4. The van der Waals surface area contributed by atoms with E-state index in [1.54, 1.807) is 44.6 Å². The molecule has 0 bridgehead atoms. The van der Waals surface area contributed by atoms with E-state index in [1.165, 1.54) is 11.3 Å². The predicted octanol–water partition coefficient (Wildman–Crippen LogP) is 3.93. The zero-order chi connectivity index (χ0) is 17.8. The summed E-state index contributed by atoms with van der Waals surface area (Å²) in [7, 11) is 3.11. The molecule has 3 aromatic rings. The summed E-state index contributed by atoms with van der Waals surface area (Å²) < 4.78 is 21.6. The van der Waals surface area contributed by atoms with Crippen molar-refractivity contribution in [3.8, 4) is 22.9 Å². The molecule has 7 nitrogen and oxygen atoms in total. The second-order valence-corrected chi connectivity index (χ2v) is 7.22. The maximum atomic E-state index is 11.9. The number of nitrogens with zero attached hydrogens (tertiary/aromatic N) is 2. The molecule has 1 aromatic carbocycles. The number of esters is 1. The first-order chi connectivity index (χ1) is 12.1. The Morgan fingerprint density at radius 2 is 2.08 bits per heavy atom. The third-order valence-corrected chi connectivity index (χ3v) is 4.82. The Morgan fingerprint density at radius 1 is 1.24 bits per heavy atom. The molecule has 130 valence electrons. The molecule has 0 N–H and O–H groups in total. The van der Waals surface area contributed by atoms with Gasteiger partial charge in [-0.05, 0) is 40.2 Å². The van der Waals surface area contributed by atoms with E-state index >= 15 is 0 Å². The minimum absolute atomic E-state index is 0.111. The third kappa shape index (κ3) is 3.99. The van der Waals surface area contributed by atoms with Crippen LogP contribution >= 0.6 is 27.3 Å². The van der Waals surface area contributed by atoms with Crippen LogP contribution in [0.5, 0.6) is 11.5 Å². The van der Waals surface area contributed by atoms with Gasteiger partial charge in [0.05, 0.1) is 23.6 Å². The first-order valence-corrected chi connectivity index (χ1v) is 8.69. The van der Waals surface area contributed by atoms with Crippen LogP contribution < -0.4 is 9.47 Å². The largest absolute Gasteiger partial charge is 0.497 e. The number of aromatic nitrogens is 2. The molecule has 3 rings (SSSR count). The molecular formula is C16H13BrN2O5S. The average Bonchev–Trinajstić information content (AvgIpc) is 3.28. The normalized spacial score (nSPS) is 10.5. The van der Waals surface area contributed by atoms with Crippen molar-refractivity contribution in [2.24, 2.45) is 0 Å². The number of carbonyl (C=O) groups is 1. The number of hydrogen-bond acceptors (Lipinski definition) is 8. The van der Waals surface area contributed by atoms with Crippen molar-refractivity contribution in [3.63, 3.8) is 0 Å². The Balaban J connectivity index is 1.71.